The highest BCUT2D eigenvalue weighted by atomic mass is 32.2. The van der Waals surface area contributed by atoms with Gasteiger partial charge in [0.15, 0.2) is 5.16 Å². The topological polar surface area (TPSA) is 77.0 Å². The number of carbonyl (C=O) groups is 1. The van der Waals surface area contributed by atoms with Crippen LogP contribution in [0.3, 0.4) is 0 Å². The standard InChI is InChI=1S/C11H21N5OS/c1-5-16(6-2)10(17)8(3)18-11-14-13-9(7-12)15(11)4/h8H,5-7,12H2,1-4H3. The van der Waals surface area contributed by atoms with E-state index >= 15 is 0 Å². The van der Waals surface area contributed by atoms with Crippen LogP contribution < -0.4 is 5.73 Å². The number of amides is 1. The predicted octanol–water partition coefficient (Wildman–Crippen LogP) is 0.623. The molecule has 1 atom stereocenters. The largest absolute Gasteiger partial charge is 0.342 e. The van der Waals surface area contributed by atoms with Gasteiger partial charge in [-0.2, -0.15) is 0 Å². The van der Waals surface area contributed by atoms with E-state index in [0.717, 1.165) is 24.1 Å². The van der Waals surface area contributed by atoms with Gasteiger partial charge in [-0.15, -0.1) is 10.2 Å². The van der Waals surface area contributed by atoms with E-state index in [2.05, 4.69) is 10.2 Å². The molecule has 7 heteroatoms. The van der Waals surface area contributed by atoms with E-state index in [1.807, 2.05) is 37.3 Å². The quantitative estimate of drug-likeness (QED) is 0.768. The van der Waals surface area contributed by atoms with Crippen molar-refractivity contribution in [2.24, 2.45) is 12.8 Å². The van der Waals surface area contributed by atoms with Crippen molar-refractivity contribution in [1.29, 1.82) is 0 Å². The predicted molar refractivity (Wildman–Crippen MR) is 72.1 cm³/mol. The molecule has 0 spiro atoms. The Morgan fingerprint density at radius 3 is 2.50 bits per heavy atom. The zero-order valence-corrected chi connectivity index (χ0v) is 12.2. The fourth-order valence-electron chi connectivity index (χ4n) is 1.63. The van der Waals surface area contributed by atoms with Crippen molar-refractivity contribution in [2.45, 2.75) is 37.7 Å². The van der Waals surface area contributed by atoms with Gasteiger partial charge in [-0.1, -0.05) is 11.8 Å². The van der Waals surface area contributed by atoms with Gasteiger partial charge >= 0.3 is 0 Å². The normalized spacial score (nSPS) is 12.5. The van der Waals surface area contributed by atoms with Crippen molar-refractivity contribution < 1.29 is 4.79 Å². The van der Waals surface area contributed by atoms with Gasteiger partial charge in [0, 0.05) is 20.1 Å². The second-order valence-corrected chi connectivity index (χ2v) is 5.24. The van der Waals surface area contributed by atoms with E-state index in [9.17, 15) is 4.79 Å². The van der Waals surface area contributed by atoms with Gasteiger partial charge in [0.25, 0.3) is 0 Å². The molecule has 18 heavy (non-hydrogen) atoms. The smallest absolute Gasteiger partial charge is 0.235 e. The lowest BCUT2D eigenvalue weighted by molar-refractivity contribution is -0.129. The first kappa shape index (κ1) is 15.0. The average Bonchev–Trinajstić information content (AvgIpc) is 2.71. The van der Waals surface area contributed by atoms with Crippen LogP contribution in [0.25, 0.3) is 0 Å². The summed E-state index contributed by atoms with van der Waals surface area (Å²) in [6.07, 6.45) is 0. The highest BCUT2D eigenvalue weighted by Crippen LogP contribution is 2.22. The number of hydrogen-bond acceptors (Lipinski definition) is 5. The van der Waals surface area contributed by atoms with E-state index in [1.54, 1.807) is 0 Å². The first-order valence-corrected chi connectivity index (χ1v) is 6.96. The number of aromatic nitrogens is 3. The van der Waals surface area contributed by atoms with Crippen LogP contribution in [-0.4, -0.2) is 43.9 Å². The molecule has 0 bridgehead atoms. The Morgan fingerprint density at radius 1 is 1.44 bits per heavy atom. The number of nitrogens with zero attached hydrogens (tertiary/aromatic N) is 4. The zero-order valence-electron chi connectivity index (χ0n) is 11.4. The highest BCUT2D eigenvalue weighted by molar-refractivity contribution is 8.00. The minimum Gasteiger partial charge on any atom is -0.342 e. The maximum atomic E-state index is 12.1. The molecule has 1 unspecified atom stereocenters. The van der Waals surface area contributed by atoms with Gasteiger partial charge in [0.05, 0.1) is 11.8 Å². The number of carbonyl (C=O) groups excluding carboxylic acids is 1. The highest BCUT2D eigenvalue weighted by Gasteiger charge is 2.21. The fraction of sp³-hybridized carbons (Fsp3) is 0.727. The van der Waals surface area contributed by atoms with E-state index < -0.39 is 0 Å². The molecule has 1 amide bonds. The van der Waals surface area contributed by atoms with Crippen molar-refractivity contribution in [3.8, 4) is 0 Å². The van der Waals surface area contributed by atoms with E-state index in [1.165, 1.54) is 11.8 Å². The Balaban J connectivity index is 2.72. The maximum absolute atomic E-state index is 12.1. The van der Waals surface area contributed by atoms with Gasteiger partial charge in [-0.3, -0.25) is 4.79 Å². The Hall–Kier alpha value is -1.08. The molecule has 0 saturated carbocycles. The van der Waals surface area contributed by atoms with Crippen molar-refractivity contribution in [2.75, 3.05) is 13.1 Å². The summed E-state index contributed by atoms with van der Waals surface area (Å²) in [5.41, 5.74) is 5.54. The fourth-order valence-corrected chi connectivity index (χ4v) is 2.54. The number of rotatable bonds is 6. The molecule has 0 saturated heterocycles. The summed E-state index contributed by atoms with van der Waals surface area (Å²) >= 11 is 1.42. The molecule has 1 heterocycles. The van der Waals surface area contributed by atoms with Crippen LogP contribution in [0.2, 0.25) is 0 Å². The van der Waals surface area contributed by atoms with Crippen LogP contribution in [0.5, 0.6) is 0 Å². The molecule has 1 aromatic rings. The minimum atomic E-state index is -0.168. The van der Waals surface area contributed by atoms with Gasteiger partial charge in [0.1, 0.15) is 5.82 Å². The maximum Gasteiger partial charge on any atom is 0.235 e. The van der Waals surface area contributed by atoms with E-state index in [4.69, 9.17) is 5.73 Å². The molecule has 0 aliphatic rings. The molecule has 0 aliphatic carbocycles. The van der Waals surface area contributed by atoms with Crippen LogP contribution in [0.4, 0.5) is 0 Å². The Morgan fingerprint density at radius 2 is 2.06 bits per heavy atom. The molecule has 6 nitrogen and oxygen atoms in total. The molecule has 1 rings (SSSR count). The molecule has 0 radical (unpaired) electrons. The van der Waals surface area contributed by atoms with Crippen LogP contribution in [-0.2, 0) is 18.4 Å². The van der Waals surface area contributed by atoms with E-state index in [-0.39, 0.29) is 11.2 Å². The molecule has 0 fully saturated rings. The van der Waals surface area contributed by atoms with Gasteiger partial charge in [-0.25, -0.2) is 0 Å². The van der Waals surface area contributed by atoms with Crippen molar-refractivity contribution >= 4 is 17.7 Å². The van der Waals surface area contributed by atoms with Gasteiger partial charge in [-0.05, 0) is 20.8 Å². The molecule has 2 N–H and O–H groups in total. The summed E-state index contributed by atoms with van der Waals surface area (Å²) in [5, 5.41) is 8.58. The first-order chi connectivity index (χ1) is 8.54. The van der Waals surface area contributed by atoms with Crippen molar-refractivity contribution in [3.63, 3.8) is 0 Å². The van der Waals surface area contributed by atoms with Crippen molar-refractivity contribution in [1.82, 2.24) is 19.7 Å². The minimum absolute atomic E-state index is 0.127. The lowest BCUT2D eigenvalue weighted by atomic mass is 10.4. The summed E-state index contributed by atoms with van der Waals surface area (Å²) < 4.78 is 1.83. The summed E-state index contributed by atoms with van der Waals surface area (Å²) in [6, 6.07) is 0. The summed E-state index contributed by atoms with van der Waals surface area (Å²) in [4.78, 5) is 13.9. The lowest BCUT2D eigenvalue weighted by Gasteiger charge is -2.22. The van der Waals surface area contributed by atoms with Gasteiger partial charge < -0.3 is 15.2 Å². The van der Waals surface area contributed by atoms with Crippen molar-refractivity contribution in [3.05, 3.63) is 5.82 Å². The third kappa shape index (κ3) is 3.23. The molecule has 0 aromatic carbocycles. The second kappa shape index (κ2) is 6.75. The first-order valence-electron chi connectivity index (χ1n) is 6.08. The lowest BCUT2D eigenvalue weighted by Crippen LogP contribution is -2.36. The molecule has 1 aromatic heterocycles. The Bertz CT molecular complexity index is 402. The third-order valence-electron chi connectivity index (χ3n) is 2.81. The number of nitrogens with two attached hydrogens (primary N) is 1. The monoisotopic (exact) mass is 271 g/mol. The van der Waals surface area contributed by atoms with Gasteiger partial charge in [0.2, 0.25) is 5.91 Å². The summed E-state index contributed by atoms with van der Waals surface area (Å²) in [6.45, 7) is 7.66. The van der Waals surface area contributed by atoms with Crippen LogP contribution in [0, 0.1) is 0 Å². The van der Waals surface area contributed by atoms with E-state index in [0.29, 0.717) is 6.54 Å². The second-order valence-electron chi connectivity index (χ2n) is 3.93. The molecular weight excluding hydrogens is 250 g/mol. The Kier molecular flexibility index (Phi) is 5.61. The van der Waals surface area contributed by atoms with Crippen LogP contribution in [0.15, 0.2) is 5.16 Å². The zero-order chi connectivity index (χ0) is 13.7. The van der Waals surface area contributed by atoms with Crippen LogP contribution >= 0.6 is 11.8 Å². The summed E-state index contributed by atoms with van der Waals surface area (Å²) in [5.74, 6) is 0.849. The molecule has 0 aliphatic heterocycles. The number of hydrogen-bond donors (Lipinski definition) is 1. The third-order valence-corrected chi connectivity index (χ3v) is 3.93. The summed E-state index contributed by atoms with van der Waals surface area (Å²) in [7, 11) is 1.86. The SMILES string of the molecule is CCN(CC)C(=O)C(C)Sc1nnc(CN)n1C. The Labute approximate surface area is 112 Å². The number of thioether (sulfide) groups is 1. The molecular formula is C11H21N5OS. The average molecular weight is 271 g/mol. The molecule has 102 valence electrons. The van der Waals surface area contributed by atoms with Crippen LogP contribution in [0.1, 0.15) is 26.6 Å².